The molecule has 0 radical (unpaired) electrons. The molecule has 1 aliphatic heterocycles. The van der Waals surface area contributed by atoms with Crippen molar-refractivity contribution < 1.29 is 19.1 Å². The van der Waals surface area contributed by atoms with Crippen LogP contribution in [0.5, 0.6) is 5.75 Å². The van der Waals surface area contributed by atoms with Gasteiger partial charge in [0, 0.05) is 18.7 Å². The number of oxazole rings is 1. The molecule has 1 fully saturated rings. The number of piperidine rings is 1. The minimum atomic E-state index is -0.371. The van der Waals surface area contributed by atoms with Crippen molar-refractivity contribution in [2.75, 3.05) is 25.5 Å². The fraction of sp³-hybridized carbons (Fsp3) is 0.381. The van der Waals surface area contributed by atoms with E-state index < -0.39 is 0 Å². The molecule has 9 heteroatoms. The summed E-state index contributed by atoms with van der Waals surface area (Å²) in [7, 11) is 1.52. The Morgan fingerprint density at radius 2 is 2.23 bits per heavy atom. The van der Waals surface area contributed by atoms with Crippen LogP contribution in [0.3, 0.4) is 0 Å². The molecular weight excluding hydrogens is 408 g/mol. The number of rotatable bonds is 5. The second kappa shape index (κ2) is 8.49. The summed E-state index contributed by atoms with van der Waals surface area (Å²) >= 11 is 5.91. The number of methoxy groups -OCH3 is 1. The van der Waals surface area contributed by atoms with Crippen LogP contribution >= 0.6 is 11.6 Å². The lowest BCUT2D eigenvalue weighted by Gasteiger charge is -2.34. The van der Waals surface area contributed by atoms with Crippen molar-refractivity contribution in [3.8, 4) is 5.75 Å². The van der Waals surface area contributed by atoms with Gasteiger partial charge in [0.2, 0.25) is 0 Å². The summed E-state index contributed by atoms with van der Waals surface area (Å²) < 4.78 is 11.2. The van der Waals surface area contributed by atoms with E-state index in [4.69, 9.17) is 20.8 Å². The van der Waals surface area contributed by atoms with Gasteiger partial charge in [-0.3, -0.25) is 4.79 Å². The number of aliphatic hydroxyl groups excluding tert-OH is 1. The molecule has 30 heavy (non-hydrogen) atoms. The molecule has 8 nitrogen and oxygen atoms in total. The number of nitrogens with one attached hydrogen (secondary N) is 1. The number of pyridine rings is 1. The third-order valence-corrected chi connectivity index (χ3v) is 5.47. The van der Waals surface area contributed by atoms with E-state index in [0.29, 0.717) is 59.6 Å². The molecule has 1 saturated heterocycles. The number of nitrogens with zero attached hydrogens (tertiary/aromatic N) is 3. The highest BCUT2D eigenvalue weighted by atomic mass is 35.5. The third-order valence-electron chi connectivity index (χ3n) is 5.26. The fourth-order valence-electron chi connectivity index (χ4n) is 3.57. The van der Waals surface area contributed by atoms with Crippen LogP contribution in [-0.2, 0) is 6.54 Å². The van der Waals surface area contributed by atoms with Crippen LogP contribution in [0, 0.1) is 5.92 Å². The van der Waals surface area contributed by atoms with Gasteiger partial charge in [0.05, 0.1) is 25.5 Å². The maximum atomic E-state index is 13.0. The van der Waals surface area contributed by atoms with Crippen molar-refractivity contribution >= 4 is 34.6 Å². The summed E-state index contributed by atoms with van der Waals surface area (Å²) in [5.74, 6) is 0.355. The summed E-state index contributed by atoms with van der Waals surface area (Å²) in [6, 6.07) is 9.02. The lowest BCUT2D eigenvalue weighted by Crippen LogP contribution is -2.44. The molecule has 2 aromatic heterocycles. The number of likely N-dealkylation sites (tertiary alicyclic amines) is 1. The molecule has 2 unspecified atom stereocenters. The molecule has 0 bridgehead atoms. The predicted octanol–water partition coefficient (Wildman–Crippen LogP) is 3.34. The zero-order valence-electron chi connectivity index (χ0n) is 16.8. The molecule has 2 atom stereocenters. The molecule has 3 aromatic rings. The number of ether oxygens (including phenoxy) is 1. The fourth-order valence-corrected chi connectivity index (χ4v) is 3.75. The number of carbonyl (C=O) groups excluding carboxylic acids is 1. The number of benzene rings is 1. The summed E-state index contributed by atoms with van der Waals surface area (Å²) in [5, 5.41) is 13.4. The number of carbonyl (C=O) groups is 1. The molecule has 2 N–H and O–H groups in total. The normalized spacial score (nSPS) is 19.1. The van der Waals surface area contributed by atoms with Gasteiger partial charge in [0.15, 0.2) is 11.3 Å². The van der Waals surface area contributed by atoms with Crippen molar-refractivity contribution in [3.05, 3.63) is 46.7 Å². The number of anilines is 1. The first-order chi connectivity index (χ1) is 14.4. The lowest BCUT2D eigenvalue weighted by atomic mass is 9.96. The van der Waals surface area contributed by atoms with E-state index in [2.05, 4.69) is 15.3 Å². The van der Waals surface area contributed by atoms with Gasteiger partial charge in [-0.1, -0.05) is 24.6 Å². The van der Waals surface area contributed by atoms with E-state index >= 15 is 0 Å². The molecule has 158 valence electrons. The van der Waals surface area contributed by atoms with Crippen LogP contribution in [0.1, 0.15) is 29.4 Å². The second-order valence-corrected chi connectivity index (χ2v) is 7.82. The van der Waals surface area contributed by atoms with E-state index in [0.717, 1.165) is 5.69 Å². The molecule has 0 aliphatic carbocycles. The van der Waals surface area contributed by atoms with Crippen molar-refractivity contribution in [2.45, 2.75) is 26.0 Å². The van der Waals surface area contributed by atoms with Gasteiger partial charge < -0.3 is 24.5 Å². The summed E-state index contributed by atoms with van der Waals surface area (Å²) in [6.07, 6.45) is 0.200. The maximum Gasteiger partial charge on any atom is 0.296 e. The average molecular weight is 431 g/mol. The number of amides is 1. The van der Waals surface area contributed by atoms with Gasteiger partial charge in [-0.05, 0) is 36.6 Å². The summed E-state index contributed by atoms with van der Waals surface area (Å²) in [6.45, 7) is 3.36. The topological polar surface area (TPSA) is 101 Å². The maximum absolute atomic E-state index is 13.0. The van der Waals surface area contributed by atoms with Gasteiger partial charge in [0.1, 0.15) is 10.7 Å². The van der Waals surface area contributed by atoms with Crippen molar-refractivity contribution in [1.29, 1.82) is 0 Å². The zero-order chi connectivity index (χ0) is 21.3. The Bertz CT molecular complexity index is 1070. The second-order valence-electron chi connectivity index (χ2n) is 7.44. The quantitative estimate of drug-likeness (QED) is 0.598. The summed E-state index contributed by atoms with van der Waals surface area (Å²) in [4.78, 5) is 23.4. The standard InChI is InChI=1S/C21H23ClN4O4/c1-12-11-26(7-6-16(12)27)20(28)13-8-15-19(17(9-13)29-2)30-21(25-15)23-10-14-4-3-5-18(22)24-14/h3-5,8-9,12,16,27H,6-7,10-11H2,1-2H3,(H,23,25). The van der Waals surface area contributed by atoms with Gasteiger partial charge in [-0.25, -0.2) is 4.98 Å². The first-order valence-corrected chi connectivity index (χ1v) is 10.1. The van der Waals surface area contributed by atoms with Crippen LogP contribution in [0.4, 0.5) is 6.01 Å². The van der Waals surface area contributed by atoms with E-state index in [1.807, 2.05) is 19.1 Å². The highest BCUT2D eigenvalue weighted by Gasteiger charge is 2.28. The van der Waals surface area contributed by atoms with E-state index in [1.165, 1.54) is 7.11 Å². The Labute approximate surface area is 178 Å². The van der Waals surface area contributed by atoms with Gasteiger partial charge >= 0.3 is 0 Å². The molecule has 0 spiro atoms. The number of hydrogen-bond acceptors (Lipinski definition) is 7. The molecule has 4 rings (SSSR count). The minimum Gasteiger partial charge on any atom is -0.493 e. The first kappa shape index (κ1) is 20.4. The number of fused-ring (bicyclic) bond motifs is 1. The van der Waals surface area contributed by atoms with Crippen LogP contribution in [0.15, 0.2) is 34.7 Å². The average Bonchev–Trinajstić information content (AvgIpc) is 3.16. The van der Waals surface area contributed by atoms with Crippen LogP contribution in [0.2, 0.25) is 5.15 Å². The van der Waals surface area contributed by atoms with E-state index in [9.17, 15) is 9.90 Å². The third kappa shape index (κ3) is 4.20. The summed E-state index contributed by atoms with van der Waals surface area (Å²) in [5.41, 5.74) is 2.19. The Kier molecular flexibility index (Phi) is 5.78. The lowest BCUT2D eigenvalue weighted by molar-refractivity contribution is 0.0297. The molecular formula is C21H23ClN4O4. The molecule has 0 saturated carbocycles. The molecule has 1 aliphatic rings. The number of aromatic nitrogens is 2. The Morgan fingerprint density at radius 1 is 1.40 bits per heavy atom. The molecule has 1 aromatic carbocycles. The highest BCUT2D eigenvalue weighted by Crippen LogP contribution is 2.31. The Morgan fingerprint density at radius 3 is 2.97 bits per heavy atom. The van der Waals surface area contributed by atoms with Gasteiger partial charge in [-0.15, -0.1) is 0 Å². The number of aliphatic hydroxyl groups is 1. The molecule has 1 amide bonds. The first-order valence-electron chi connectivity index (χ1n) is 9.76. The van der Waals surface area contributed by atoms with Gasteiger partial charge in [-0.2, -0.15) is 4.98 Å². The Balaban J connectivity index is 1.56. The predicted molar refractivity (Wildman–Crippen MR) is 113 cm³/mol. The highest BCUT2D eigenvalue weighted by molar-refractivity contribution is 6.29. The SMILES string of the molecule is COc1cc(C(=O)N2CCC(O)C(C)C2)cc2nc(NCc3cccc(Cl)n3)oc12. The van der Waals surface area contributed by atoms with Crippen molar-refractivity contribution in [3.63, 3.8) is 0 Å². The van der Waals surface area contributed by atoms with Crippen LogP contribution in [0.25, 0.3) is 11.1 Å². The Hall–Kier alpha value is -2.84. The number of hydrogen-bond donors (Lipinski definition) is 2. The van der Waals surface area contributed by atoms with Crippen LogP contribution in [-0.4, -0.2) is 52.2 Å². The molecule has 3 heterocycles. The minimum absolute atomic E-state index is 0.0382. The zero-order valence-corrected chi connectivity index (χ0v) is 17.5. The van der Waals surface area contributed by atoms with Crippen LogP contribution < -0.4 is 10.1 Å². The van der Waals surface area contributed by atoms with E-state index in [1.54, 1.807) is 23.1 Å². The van der Waals surface area contributed by atoms with Crippen molar-refractivity contribution in [2.24, 2.45) is 5.92 Å². The smallest absolute Gasteiger partial charge is 0.296 e. The van der Waals surface area contributed by atoms with E-state index in [-0.39, 0.29) is 17.9 Å². The van der Waals surface area contributed by atoms with Crippen molar-refractivity contribution in [1.82, 2.24) is 14.9 Å². The number of halogens is 1. The van der Waals surface area contributed by atoms with Gasteiger partial charge in [0.25, 0.3) is 11.9 Å². The largest absolute Gasteiger partial charge is 0.493 e. The monoisotopic (exact) mass is 430 g/mol.